The summed E-state index contributed by atoms with van der Waals surface area (Å²) < 4.78 is 5.47. The van der Waals surface area contributed by atoms with Crippen LogP contribution in [0.25, 0.3) is 0 Å². The molecule has 0 radical (unpaired) electrons. The van der Waals surface area contributed by atoms with Gasteiger partial charge < -0.3 is 10.5 Å². The molecule has 0 aliphatic heterocycles. The van der Waals surface area contributed by atoms with Crippen LogP contribution in [-0.2, 0) is 0 Å². The second kappa shape index (κ2) is 3.58. The third-order valence-corrected chi connectivity index (χ3v) is 2.08. The Kier molecular flexibility index (Phi) is 2.26. The van der Waals surface area contributed by atoms with Crippen molar-refractivity contribution in [2.24, 2.45) is 5.73 Å². The molecule has 1 aliphatic carbocycles. The average Bonchev–Trinajstić information content (AvgIpc) is 3.01. The van der Waals surface area contributed by atoms with Crippen LogP contribution in [0.15, 0.2) is 12.3 Å². The fraction of sp³-hybridized carbons (Fsp3) is 0.300. The van der Waals surface area contributed by atoms with Crippen LogP contribution in [0.3, 0.4) is 0 Å². The van der Waals surface area contributed by atoms with Gasteiger partial charge in [0, 0.05) is 6.20 Å². The van der Waals surface area contributed by atoms with E-state index in [4.69, 9.17) is 15.7 Å². The van der Waals surface area contributed by atoms with Gasteiger partial charge in [-0.05, 0) is 18.9 Å². The van der Waals surface area contributed by atoms with Crippen LogP contribution in [0.1, 0.15) is 28.9 Å². The quantitative estimate of drug-likeness (QED) is 0.778. The maximum absolute atomic E-state index is 11.2. The molecule has 0 bridgehead atoms. The number of pyridine rings is 1. The second-order valence-corrected chi connectivity index (χ2v) is 3.33. The SMILES string of the molecule is N#Cc1nccc(OC2CC2)c1C(N)=O. The van der Waals surface area contributed by atoms with Gasteiger partial charge in [0.1, 0.15) is 17.4 Å². The van der Waals surface area contributed by atoms with Gasteiger partial charge in [-0.25, -0.2) is 4.98 Å². The molecule has 2 rings (SSSR count). The molecule has 76 valence electrons. The number of hydrogen-bond donors (Lipinski definition) is 1. The molecule has 5 heteroatoms. The van der Waals surface area contributed by atoms with E-state index in [1.807, 2.05) is 6.07 Å². The molecule has 0 saturated heterocycles. The first-order valence-electron chi connectivity index (χ1n) is 4.58. The zero-order valence-electron chi connectivity index (χ0n) is 7.93. The van der Waals surface area contributed by atoms with E-state index in [2.05, 4.69) is 4.98 Å². The predicted molar refractivity (Wildman–Crippen MR) is 51.1 cm³/mol. The summed E-state index contributed by atoms with van der Waals surface area (Å²) in [6.45, 7) is 0. The van der Waals surface area contributed by atoms with E-state index in [9.17, 15) is 4.79 Å². The molecule has 1 heterocycles. The molecule has 2 N–H and O–H groups in total. The number of nitriles is 1. The minimum Gasteiger partial charge on any atom is -0.489 e. The average molecular weight is 203 g/mol. The summed E-state index contributed by atoms with van der Waals surface area (Å²) in [4.78, 5) is 14.9. The molecule has 0 unspecified atom stereocenters. The Morgan fingerprint density at radius 1 is 1.67 bits per heavy atom. The van der Waals surface area contributed by atoms with Crippen molar-refractivity contribution in [3.05, 3.63) is 23.5 Å². The smallest absolute Gasteiger partial charge is 0.255 e. The summed E-state index contributed by atoms with van der Waals surface area (Å²) in [5.74, 6) is -0.327. The van der Waals surface area contributed by atoms with Gasteiger partial charge in [0.15, 0.2) is 5.69 Å². The van der Waals surface area contributed by atoms with Crippen molar-refractivity contribution in [2.75, 3.05) is 0 Å². The lowest BCUT2D eigenvalue weighted by Gasteiger charge is -2.08. The highest BCUT2D eigenvalue weighted by molar-refractivity contribution is 5.97. The van der Waals surface area contributed by atoms with Gasteiger partial charge in [0.2, 0.25) is 0 Å². The largest absolute Gasteiger partial charge is 0.489 e. The highest BCUT2D eigenvalue weighted by Gasteiger charge is 2.26. The zero-order chi connectivity index (χ0) is 10.8. The third-order valence-electron chi connectivity index (χ3n) is 2.08. The molecule has 5 nitrogen and oxygen atoms in total. The van der Waals surface area contributed by atoms with Gasteiger partial charge in [0.25, 0.3) is 5.91 Å². The van der Waals surface area contributed by atoms with Gasteiger partial charge in [-0.15, -0.1) is 0 Å². The number of nitrogens with two attached hydrogens (primary N) is 1. The number of rotatable bonds is 3. The number of hydrogen-bond acceptors (Lipinski definition) is 4. The summed E-state index contributed by atoms with van der Waals surface area (Å²) >= 11 is 0. The van der Waals surface area contributed by atoms with Crippen molar-refractivity contribution >= 4 is 5.91 Å². The first-order valence-corrected chi connectivity index (χ1v) is 4.58. The normalized spacial score (nSPS) is 14.3. The van der Waals surface area contributed by atoms with Crippen molar-refractivity contribution in [1.82, 2.24) is 4.98 Å². The lowest BCUT2D eigenvalue weighted by Crippen LogP contribution is -2.16. The Hall–Kier alpha value is -2.09. The van der Waals surface area contributed by atoms with Crippen LogP contribution >= 0.6 is 0 Å². The molecule has 0 spiro atoms. The number of nitrogens with zero attached hydrogens (tertiary/aromatic N) is 2. The van der Waals surface area contributed by atoms with E-state index in [1.54, 1.807) is 6.07 Å². The number of aromatic nitrogens is 1. The highest BCUT2D eigenvalue weighted by atomic mass is 16.5. The van der Waals surface area contributed by atoms with E-state index in [0.29, 0.717) is 5.75 Å². The molecule has 1 amide bonds. The highest BCUT2D eigenvalue weighted by Crippen LogP contribution is 2.29. The van der Waals surface area contributed by atoms with Crippen molar-refractivity contribution in [3.63, 3.8) is 0 Å². The van der Waals surface area contributed by atoms with Crippen LogP contribution in [-0.4, -0.2) is 17.0 Å². The van der Waals surface area contributed by atoms with Crippen LogP contribution < -0.4 is 10.5 Å². The number of primary amides is 1. The van der Waals surface area contributed by atoms with E-state index >= 15 is 0 Å². The van der Waals surface area contributed by atoms with E-state index < -0.39 is 5.91 Å². The lowest BCUT2D eigenvalue weighted by molar-refractivity contribution is 0.0995. The summed E-state index contributed by atoms with van der Waals surface area (Å²) in [7, 11) is 0. The van der Waals surface area contributed by atoms with Crippen molar-refractivity contribution in [1.29, 1.82) is 5.26 Å². The molecular weight excluding hydrogens is 194 g/mol. The first-order chi connectivity index (χ1) is 7.22. The summed E-state index contributed by atoms with van der Waals surface area (Å²) in [6.07, 6.45) is 3.53. The van der Waals surface area contributed by atoms with Gasteiger partial charge >= 0.3 is 0 Å². The first kappa shape index (κ1) is 9.46. The van der Waals surface area contributed by atoms with E-state index in [-0.39, 0.29) is 17.4 Å². The maximum Gasteiger partial charge on any atom is 0.255 e. The number of amides is 1. The second-order valence-electron chi connectivity index (χ2n) is 3.33. The fourth-order valence-electron chi connectivity index (χ4n) is 1.23. The topological polar surface area (TPSA) is 89.0 Å². The van der Waals surface area contributed by atoms with Crippen molar-refractivity contribution in [2.45, 2.75) is 18.9 Å². The number of ether oxygens (including phenoxy) is 1. The Morgan fingerprint density at radius 2 is 2.40 bits per heavy atom. The summed E-state index contributed by atoms with van der Waals surface area (Å²) in [5, 5.41) is 8.77. The number of carbonyl (C=O) groups is 1. The van der Waals surface area contributed by atoms with E-state index in [0.717, 1.165) is 12.8 Å². The molecule has 1 saturated carbocycles. The molecule has 1 aliphatic rings. The molecule has 0 atom stereocenters. The van der Waals surface area contributed by atoms with E-state index in [1.165, 1.54) is 6.20 Å². The van der Waals surface area contributed by atoms with Crippen LogP contribution in [0.5, 0.6) is 5.75 Å². The molecule has 15 heavy (non-hydrogen) atoms. The van der Waals surface area contributed by atoms with Gasteiger partial charge in [-0.1, -0.05) is 0 Å². The molecule has 1 aromatic rings. The standard InChI is InChI=1S/C10H9N3O2/c11-5-7-9(10(12)14)8(3-4-13-7)15-6-1-2-6/h3-4,6H,1-2H2,(H2,12,14). The van der Waals surface area contributed by atoms with Crippen LogP contribution in [0.2, 0.25) is 0 Å². The monoisotopic (exact) mass is 203 g/mol. The van der Waals surface area contributed by atoms with Crippen LogP contribution in [0.4, 0.5) is 0 Å². The zero-order valence-corrected chi connectivity index (χ0v) is 7.93. The minimum atomic E-state index is -0.685. The molecule has 0 aromatic carbocycles. The molecule has 1 aromatic heterocycles. The number of carbonyl (C=O) groups excluding carboxylic acids is 1. The van der Waals surface area contributed by atoms with Gasteiger partial charge in [-0.2, -0.15) is 5.26 Å². The summed E-state index contributed by atoms with van der Waals surface area (Å²) in [5.41, 5.74) is 5.27. The Morgan fingerprint density at radius 3 is 2.93 bits per heavy atom. The van der Waals surface area contributed by atoms with Gasteiger partial charge in [0.05, 0.1) is 6.10 Å². The fourth-order valence-corrected chi connectivity index (χ4v) is 1.23. The molecular formula is C10H9N3O2. The van der Waals surface area contributed by atoms with Crippen molar-refractivity contribution in [3.8, 4) is 11.8 Å². The van der Waals surface area contributed by atoms with Gasteiger partial charge in [-0.3, -0.25) is 4.79 Å². The summed E-state index contributed by atoms with van der Waals surface area (Å²) in [6, 6.07) is 3.37. The minimum absolute atomic E-state index is 0.0145. The Labute approximate surface area is 86.5 Å². The van der Waals surface area contributed by atoms with Crippen LogP contribution in [0, 0.1) is 11.3 Å². The third kappa shape index (κ3) is 1.89. The Balaban J connectivity index is 2.42. The predicted octanol–water partition coefficient (Wildman–Crippen LogP) is 0.593. The lowest BCUT2D eigenvalue weighted by atomic mass is 10.1. The Bertz CT molecular complexity index is 446. The maximum atomic E-state index is 11.2. The van der Waals surface area contributed by atoms with Crippen molar-refractivity contribution < 1.29 is 9.53 Å². The molecule has 1 fully saturated rings.